The van der Waals surface area contributed by atoms with Gasteiger partial charge in [-0.25, -0.2) is 0 Å². The first kappa shape index (κ1) is 8.02. The van der Waals surface area contributed by atoms with Crippen molar-refractivity contribution >= 4 is 0 Å². The van der Waals surface area contributed by atoms with E-state index in [1.165, 1.54) is 12.8 Å². The van der Waals surface area contributed by atoms with Gasteiger partial charge in [0.15, 0.2) is 0 Å². The lowest BCUT2D eigenvalue weighted by molar-refractivity contribution is 0.160. The average Bonchev–Trinajstić information content (AvgIpc) is 2.20. The van der Waals surface area contributed by atoms with Gasteiger partial charge in [0.25, 0.3) is 0 Å². The second-order valence-electron chi connectivity index (χ2n) is 3.24. The van der Waals surface area contributed by atoms with Crippen molar-refractivity contribution in [3.63, 3.8) is 0 Å². The predicted octanol–water partition coefficient (Wildman–Crippen LogP) is 0.851. The number of nitrogens with zero attached hydrogens (tertiary/aromatic N) is 1. The maximum Gasteiger partial charge on any atom is 0.0558 e. The number of hydrogen-bond acceptors (Lipinski definition) is 2. The lowest BCUT2D eigenvalue weighted by atomic mass is 10.2. The second-order valence-corrected chi connectivity index (χ2v) is 3.24. The molecule has 2 nitrogen and oxygen atoms in total. The first-order valence-corrected chi connectivity index (χ1v) is 4.12. The summed E-state index contributed by atoms with van der Waals surface area (Å²) in [4.78, 5) is 2.38. The maximum absolute atomic E-state index is 8.72. The number of aliphatic hydroxyl groups is 1. The summed E-state index contributed by atoms with van der Waals surface area (Å²) in [5, 5.41) is 8.72. The Morgan fingerprint density at radius 3 is 2.20 bits per heavy atom. The molecular weight excluding hydrogens is 126 g/mol. The lowest BCUT2D eigenvalue weighted by Crippen LogP contribution is -2.34. The van der Waals surface area contributed by atoms with Gasteiger partial charge in [0.2, 0.25) is 0 Å². The fraction of sp³-hybridized carbons (Fsp3) is 1.00. The summed E-state index contributed by atoms with van der Waals surface area (Å²) < 4.78 is 0. The summed E-state index contributed by atoms with van der Waals surface area (Å²) in [6.07, 6.45) is 2.59. The minimum atomic E-state index is 0.300. The van der Waals surface area contributed by atoms with Crippen LogP contribution in [0.3, 0.4) is 0 Å². The third kappa shape index (κ3) is 1.50. The predicted molar refractivity (Wildman–Crippen MR) is 41.9 cm³/mol. The van der Waals surface area contributed by atoms with Gasteiger partial charge in [0.05, 0.1) is 6.61 Å². The third-order valence-corrected chi connectivity index (χ3v) is 2.49. The zero-order chi connectivity index (χ0) is 7.56. The Kier molecular flexibility index (Phi) is 2.69. The molecule has 1 aliphatic heterocycles. The van der Waals surface area contributed by atoms with Gasteiger partial charge in [-0.1, -0.05) is 0 Å². The molecule has 0 aromatic rings. The highest BCUT2D eigenvalue weighted by molar-refractivity contribution is 4.81. The second kappa shape index (κ2) is 3.35. The van der Waals surface area contributed by atoms with Crippen molar-refractivity contribution in [3.05, 3.63) is 0 Å². The standard InChI is InChI=1S/C8H17NO/c1-7-3-4-8(2)9(7)5-6-10/h7-8,10H,3-6H2,1-2H3/t7-,8-/m1/s1. The molecular formula is C8H17NO. The van der Waals surface area contributed by atoms with Crippen molar-refractivity contribution in [2.75, 3.05) is 13.2 Å². The van der Waals surface area contributed by atoms with Crippen LogP contribution in [0, 0.1) is 0 Å². The summed E-state index contributed by atoms with van der Waals surface area (Å²) in [6, 6.07) is 1.37. The molecule has 1 saturated heterocycles. The zero-order valence-electron chi connectivity index (χ0n) is 6.88. The molecule has 60 valence electrons. The largest absolute Gasteiger partial charge is 0.395 e. The molecule has 0 radical (unpaired) electrons. The van der Waals surface area contributed by atoms with Gasteiger partial charge in [-0.05, 0) is 26.7 Å². The van der Waals surface area contributed by atoms with E-state index in [0.717, 1.165) is 6.54 Å². The fourth-order valence-corrected chi connectivity index (χ4v) is 1.80. The number of likely N-dealkylation sites (tertiary alicyclic amines) is 1. The van der Waals surface area contributed by atoms with Crippen LogP contribution >= 0.6 is 0 Å². The zero-order valence-corrected chi connectivity index (χ0v) is 6.88. The molecule has 2 atom stereocenters. The minimum Gasteiger partial charge on any atom is -0.395 e. The molecule has 0 aromatic heterocycles. The molecule has 1 N–H and O–H groups in total. The maximum atomic E-state index is 8.72. The van der Waals surface area contributed by atoms with Crippen molar-refractivity contribution in [2.24, 2.45) is 0 Å². The molecule has 0 spiro atoms. The Balaban J connectivity index is 2.38. The van der Waals surface area contributed by atoms with E-state index in [2.05, 4.69) is 18.7 Å². The molecule has 0 aromatic carbocycles. The van der Waals surface area contributed by atoms with Crippen molar-refractivity contribution in [1.82, 2.24) is 4.90 Å². The molecule has 0 saturated carbocycles. The van der Waals surface area contributed by atoms with E-state index < -0.39 is 0 Å². The topological polar surface area (TPSA) is 23.5 Å². The molecule has 0 bridgehead atoms. The van der Waals surface area contributed by atoms with Crippen LogP contribution in [-0.4, -0.2) is 35.2 Å². The van der Waals surface area contributed by atoms with Gasteiger partial charge in [-0.3, -0.25) is 4.90 Å². The number of rotatable bonds is 2. The number of aliphatic hydroxyl groups excluding tert-OH is 1. The molecule has 2 heteroatoms. The van der Waals surface area contributed by atoms with Crippen LogP contribution in [0.25, 0.3) is 0 Å². The summed E-state index contributed by atoms with van der Waals surface area (Å²) >= 11 is 0. The van der Waals surface area contributed by atoms with Gasteiger partial charge < -0.3 is 5.11 Å². The molecule has 1 aliphatic rings. The summed E-state index contributed by atoms with van der Waals surface area (Å²) in [5.74, 6) is 0. The molecule has 1 fully saturated rings. The molecule has 10 heavy (non-hydrogen) atoms. The summed E-state index contributed by atoms with van der Waals surface area (Å²) in [5.41, 5.74) is 0. The van der Waals surface area contributed by atoms with Gasteiger partial charge in [-0.15, -0.1) is 0 Å². The van der Waals surface area contributed by atoms with E-state index >= 15 is 0 Å². The molecule has 0 aliphatic carbocycles. The van der Waals surface area contributed by atoms with Crippen molar-refractivity contribution in [2.45, 2.75) is 38.8 Å². The highest BCUT2D eigenvalue weighted by atomic mass is 16.3. The lowest BCUT2D eigenvalue weighted by Gasteiger charge is -2.24. The summed E-state index contributed by atoms with van der Waals surface area (Å²) in [7, 11) is 0. The Morgan fingerprint density at radius 1 is 1.30 bits per heavy atom. The summed E-state index contributed by atoms with van der Waals surface area (Å²) in [6.45, 7) is 5.62. The van der Waals surface area contributed by atoms with Gasteiger partial charge in [0.1, 0.15) is 0 Å². The van der Waals surface area contributed by atoms with Crippen LogP contribution < -0.4 is 0 Å². The van der Waals surface area contributed by atoms with E-state index in [1.807, 2.05) is 0 Å². The smallest absolute Gasteiger partial charge is 0.0558 e. The van der Waals surface area contributed by atoms with Gasteiger partial charge in [-0.2, -0.15) is 0 Å². The normalized spacial score (nSPS) is 35.1. The van der Waals surface area contributed by atoms with Crippen LogP contribution in [0.5, 0.6) is 0 Å². The highest BCUT2D eigenvalue weighted by Gasteiger charge is 2.25. The van der Waals surface area contributed by atoms with Crippen LogP contribution in [0.2, 0.25) is 0 Å². The van der Waals surface area contributed by atoms with E-state index in [4.69, 9.17) is 5.11 Å². The van der Waals surface area contributed by atoms with E-state index in [-0.39, 0.29) is 0 Å². The SMILES string of the molecule is C[C@@H]1CC[C@@H](C)N1CCO. The van der Waals surface area contributed by atoms with Crippen LogP contribution in [-0.2, 0) is 0 Å². The molecule has 1 rings (SSSR count). The Hall–Kier alpha value is -0.0800. The first-order valence-electron chi connectivity index (χ1n) is 4.12. The number of hydrogen-bond donors (Lipinski definition) is 1. The first-order chi connectivity index (χ1) is 4.75. The van der Waals surface area contributed by atoms with Crippen molar-refractivity contribution < 1.29 is 5.11 Å². The Bertz CT molecular complexity index is 95.4. The van der Waals surface area contributed by atoms with Crippen LogP contribution in [0.15, 0.2) is 0 Å². The fourth-order valence-electron chi connectivity index (χ4n) is 1.80. The van der Waals surface area contributed by atoms with Crippen molar-refractivity contribution in [1.29, 1.82) is 0 Å². The van der Waals surface area contributed by atoms with Crippen LogP contribution in [0.1, 0.15) is 26.7 Å². The van der Waals surface area contributed by atoms with Gasteiger partial charge in [0, 0.05) is 18.6 Å². The molecule has 0 unspecified atom stereocenters. The third-order valence-electron chi connectivity index (χ3n) is 2.49. The number of β-amino-alcohol motifs (C(OH)–C–C–N with tert-alkyl or cyclic N) is 1. The van der Waals surface area contributed by atoms with E-state index in [1.54, 1.807) is 0 Å². The monoisotopic (exact) mass is 143 g/mol. The minimum absolute atomic E-state index is 0.300. The molecule has 1 heterocycles. The molecule has 0 amide bonds. The quantitative estimate of drug-likeness (QED) is 0.619. The Labute approximate surface area is 62.8 Å². The van der Waals surface area contributed by atoms with Crippen LogP contribution in [0.4, 0.5) is 0 Å². The van der Waals surface area contributed by atoms with E-state index in [9.17, 15) is 0 Å². The van der Waals surface area contributed by atoms with E-state index in [0.29, 0.717) is 18.7 Å². The highest BCUT2D eigenvalue weighted by Crippen LogP contribution is 2.22. The van der Waals surface area contributed by atoms with Crippen molar-refractivity contribution in [3.8, 4) is 0 Å². The van der Waals surface area contributed by atoms with Gasteiger partial charge >= 0.3 is 0 Å². The average molecular weight is 143 g/mol. The Morgan fingerprint density at radius 2 is 1.80 bits per heavy atom.